The van der Waals surface area contributed by atoms with Crippen LogP contribution in [-0.2, 0) is 13.3 Å². The molecule has 0 saturated carbocycles. The molecular weight excluding hydrogens is 364 g/mol. The molecule has 0 aliphatic carbocycles. The van der Waals surface area contributed by atoms with Gasteiger partial charge in [0.05, 0.1) is 0 Å². The lowest BCUT2D eigenvalue weighted by molar-refractivity contribution is 0.0971. The highest BCUT2D eigenvalue weighted by molar-refractivity contribution is 9.28. The maximum Gasteiger partial charge on any atom is 0.585 e. The Kier molecular flexibility index (Phi) is 22.9. The Morgan fingerprint density at radius 1 is 0.810 bits per heavy atom. The molecule has 0 saturated heterocycles. The summed E-state index contributed by atoms with van der Waals surface area (Å²) in [5.41, 5.74) is 9.81. The van der Waals surface area contributed by atoms with Crippen LogP contribution in [0, 0.1) is 0 Å². The molecule has 0 aromatic rings. The minimum Gasteiger partial charge on any atom is -0.365 e. The van der Waals surface area contributed by atoms with Crippen molar-refractivity contribution in [1.29, 1.82) is 0 Å². The molecule has 21 heavy (non-hydrogen) atoms. The lowest BCUT2D eigenvalue weighted by atomic mass is 10.6. The quantitative estimate of drug-likeness (QED) is 0.277. The second-order valence-electron chi connectivity index (χ2n) is 3.42. The van der Waals surface area contributed by atoms with E-state index in [9.17, 15) is 0 Å². The summed E-state index contributed by atoms with van der Waals surface area (Å²) in [5, 5.41) is 0. The second kappa shape index (κ2) is 19.5. The van der Waals surface area contributed by atoms with Crippen molar-refractivity contribution in [3.05, 3.63) is 0 Å². The molecule has 0 aromatic carbocycles. The lowest BCUT2D eigenvalue weighted by Gasteiger charge is -2.25. The number of rotatable bonds is 13. The van der Waals surface area contributed by atoms with E-state index in [1.165, 1.54) is 12.2 Å². The van der Waals surface area contributed by atoms with Gasteiger partial charge in [-0.15, -0.1) is 0 Å². The smallest absolute Gasteiger partial charge is 0.365 e. The van der Waals surface area contributed by atoms with Gasteiger partial charge in [0.1, 0.15) is 0 Å². The molecule has 0 amide bonds. The normalized spacial score (nSPS) is 11.1. The fraction of sp³-hybridized carbons (Fsp3) is 1.00. The van der Waals surface area contributed by atoms with Crippen molar-refractivity contribution >= 4 is 48.6 Å². The molecule has 0 bridgehead atoms. The zero-order valence-corrected chi connectivity index (χ0v) is 17.7. The van der Waals surface area contributed by atoms with Gasteiger partial charge in [0.15, 0.2) is 0 Å². The van der Waals surface area contributed by atoms with Gasteiger partial charge in [-0.1, -0.05) is 17.7 Å². The third-order valence-corrected chi connectivity index (χ3v) is 14.5. The van der Waals surface area contributed by atoms with Crippen molar-refractivity contribution < 1.29 is 13.3 Å². The van der Waals surface area contributed by atoms with Crippen LogP contribution >= 0.6 is 40.7 Å². The number of nitrogens with two attached hydrogens (primary N) is 2. The highest BCUT2D eigenvalue weighted by Crippen LogP contribution is 2.48. The molecule has 0 unspecified atom stereocenters. The standard InChI is InChI=1S/C9H22O3S4Si.C2H8N2/c1-5-9-13-14-15-16-17(10-6-2,11-7-3)12-8-4;3-1-2-4/h5-9H2,1-4H3;1-4H2. The largest absolute Gasteiger partial charge is 0.585 e. The fourth-order valence-corrected chi connectivity index (χ4v) is 15.0. The summed E-state index contributed by atoms with van der Waals surface area (Å²) < 4.78 is 17.2. The van der Waals surface area contributed by atoms with Crippen molar-refractivity contribution in [2.45, 2.75) is 34.1 Å². The Labute approximate surface area is 146 Å². The Balaban J connectivity index is 0. The highest BCUT2D eigenvalue weighted by atomic mass is 33.7. The summed E-state index contributed by atoms with van der Waals surface area (Å²) in [4.78, 5) is 0. The van der Waals surface area contributed by atoms with Crippen LogP contribution in [0.3, 0.4) is 0 Å². The van der Waals surface area contributed by atoms with Crippen LogP contribution in [0.25, 0.3) is 0 Å². The molecule has 10 heteroatoms. The number of hydrogen-bond acceptors (Lipinski definition) is 9. The third-order valence-electron chi connectivity index (χ3n) is 1.63. The summed E-state index contributed by atoms with van der Waals surface area (Å²) in [6, 6.07) is 0. The molecule has 0 heterocycles. The summed E-state index contributed by atoms with van der Waals surface area (Å²) in [5.74, 6) is 1.17. The Morgan fingerprint density at radius 2 is 1.29 bits per heavy atom. The van der Waals surface area contributed by atoms with Crippen LogP contribution in [-0.4, -0.2) is 46.6 Å². The predicted octanol–water partition coefficient (Wildman–Crippen LogP) is 3.52. The van der Waals surface area contributed by atoms with Gasteiger partial charge in [0, 0.05) is 38.7 Å². The van der Waals surface area contributed by atoms with Crippen LogP contribution < -0.4 is 11.5 Å². The SMILES string of the molecule is CCCSSSS[Si](OCC)(OCC)OCC.NCCN. The van der Waals surface area contributed by atoms with E-state index in [1.54, 1.807) is 29.9 Å². The number of hydrogen-bond donors (Lipinski definition) is 2. The average molecular weight is 395 g/mol. The van der Waals surface area contributed by atoms with Gasteiger partial charge < -0.3 is 24.7 Å². The Hall–Kier alpha value is 1.42. The fourth-order valence-electron chi connectivity index (χ4n) is 0.920. The van der Waals surface area contributed by atoms with Gasteiger partial charge in [-0.05, 0) is 57.1 Å². The maximum atomic E-state index is 5.73. The molecule has 0 aromatic heterocycles. The Bertz CT molecular complexity index is 191. The Morgan fingerprint density at radius 3 is 1.62 bits per heavy atom. The summed E-state index contributed by atoms with van der Waals surface area (Å²) >= 11 is 0. The van der Waals surface area contributed by atoms with E-state index in [-0.39, 0.29) is 0 Å². The van der Waals surface area contributed by atoms with E-state index in [1.807, 2.05) is 31.6 Å². The molecular formula is C11H30N2O3S4Si. The average Bonchev–Trinajstić information content (AvgIpc) is 2.48. The highest BCUT2D eigenvalue weighted by Gasteiger charge is 2.43. The summed E-state index contributed by atoms with van der Waals surface area (Å²) in [6.07, 6.45) is 1.20. The van der Waals surface area contributed by atoms with Crippen molar-refractivity contribution in [3.8, 4) is 0 Å². The van der Waals surface area contributed by atoms with Crippen LogP contribution in [0.2, 0.25) is 0 Å². The second-order valence-corrected chi connectivity index (χ2v) is 13.8. The molecule has 4 N–H and O–H groups in total. The maximum absolute atomic E-state index is 5.73. The van der Waals surface area contributed by atoms with Crippen LogP contribution in [0.4, 0.5) is 0 Å². The monoisotopic (exact) mass is 394 g/mol. The van der Waals surface area contributed by atoms with Crippen molar-refractivity contribution in [1.82, 2.24) is 0 Å². The molecule has 0 fully saturated rings. The van der Waals surface area contributed by atoms with Gasteiger partial charge in [0.2, 0.25) is 0 Å². The predicted molar refractivity (Wildman–Crippen MR) is 104 cm³/mol. The molecule has 130 valence electrons. The van der Waals surface area contributed by atoms with Crippen LogP contribution in [0.1, 0.15) is 34.1 Å². The molecule has 0 aliphatic heterocycles. The summed E-state index contributed by atoms with van der Waals surface area (Å²) in [6.45, 7) is 11.2. The first-order chi connectivity index (χ1) is 10.2. The van der Waals surface area contributed by atoms with E-state index >= 15 is 0 Å². The van der Waals surface area contributed by atoms with Crippen LogP contribution in [0.15, 0.2) is 0 Å². The van der Waals surface area contributed by atoms with E-state index in [4.69, 9.17) is 24.7 Å². The van der Waals surface area contributed by atoms with Crippen molar-refractivity contribution in [3.63, 3.8) is 0 Å². The van der Waals surface area contributed by atoms with E-state index < -0.39 is 7.95 Å². The molecule has 0 rings (SSSR count). The molecule has 0 atom stereocenters. The minimum absolute atomic E-state index is 0.597. The van der Waals surface area contributed by atoms with Gasteiger partial charge >= 0.3 is 7.95 Å². The van der Waals surface area contributed by atoms with Gasteiger partial charge in [-0.3, -0.25) is 0 Å². The van der Waals surface area contributed by atoms with Crippen LogP contribution in [0.5, 0.6) is 0 Å². The van der Waals surface area contributed by atoms with E-state index in [0.29, 0.717) is 32.9 Å². The third kappa shape index (κ3) is 16.1. The lowest BCUT2D eigenvalue weighted by Crippen LogP contribution is -2.42. The van der Waals surface area contributed by atoms with Gasteiger partial charge in [0.25, 0.3) is 0 Å². The zero-order valence-electron chi connectivity index (χ0n) is 13.5. The minimum atomic E-state index is -2.51. The molecule has 0 spiro atoms. The van der Waals surface area contributed by atoms with E-state index in [2.05, 4.69) is 6.92 Å². The first-order valence-corrected chi connectivity index (χ1v) is 14.6. The summed E-state index contributed by atoms with van der Waals surface area (Å²) in [7, 11) is 4.45. The van der Waals surface area contributed by atoms with Crippen molar-refractivity contribution in [2.24, 2.45) is 11.5 Å². The van der Waals surface area contributed by atoms with E-state index in [0.717, 1.165) is 0 Å². The zero-order chi connectivity index (χ0) is 16.4. The van der Waals surface area contributed by atoms with Gasteiger partial charge in [-0.25, -0.2) is 0 Å². The first kappa shape index (κ1) is 24.7. The topological polar surface area (TPSA) is 79.7 Å². The molecule has 5 nitrogen and oxygen atoms in total. The first-order valence-electron chi connectivity index (χ1n) is 7.12. The molecule has 0 aliphatic rings. The van der Waals surface area contributed by atoms with Crippen molar-refractivity contribution in [2.75, 3.05) is 38.7 Å². The molecule has 0 radical (unpaired) electrons. The van der Waals surface area contributed by atoms with Gasteiger partial charge in [-0.2, -0.15) is 0 Å².